The van der Waals surface area contributed by atoms with E-state index in [1.807, 2.05) is 12.1 Å². The first-order valence-corrected chi connectivity index (χ1v) is 6.01. The second kappa shape index (κ2) is 7.16. The van der Waals surface area contributed by atoms with Crippen LogP contribution in [0, 0.1) is 0 Å². The van der Waals surface area contributed by atoms with E-state index >= 15 is 0 Å². The van der Waals surface area contributed by atoms with E-state index < -0.39 is 12.2 Å². The molecule has 1 aromatic carbocycles. The molecule has 94 valence electrons. The number of carbonyl (C=O) groups excluding carboxylic acids is 1. The van der Waals surface area contributed by atoms with Crippen LogP contribution in [0.4, 0.5) is 10.5 Å². The lowest BCUT2D eigenvalue weighted by atomic mass is 10.3. The van der Waals surface area contributed by atoms with Crippen LogP contribution in [0.3, 0.4) is 0 Å². The molecule has 1 amide bonds. The molecule has 0 spiro atoms. The molecular weight excluding hydrogens is 242 g/mol. The van der Waals surface area contributed by atoms with Gasteiger partial charge in [-0.05, 0) is 24.3 Å². The lowest BCUT2D eigenvalue weighted by Gasteiger charge is -2.07. The van der Waals surface area contributed by atoms with Gasteiger partial charge in [-0.25, -0.2) is 4.79 Å². The molecule has 0 bridgehead atoms. The number of rotatable bonds is 5. The van der Waals surface area contributed by atoms with Gasteiger partial charge in [0.2, 0.25) is 0 Å². The van der Waals surface area contributed by atoms with Gasteiger partial charge >= 0.3 is 6.09 Å². The standard InChI is InChI=1S/C11H15NO4S/c1-16-11(15)12-8-2-4-10(5-3-8)17-7-9(14)6-13/h2-5,9,13-14H,6-7H2,1H3,(H,12,15). The molecule has 0 aromatic heterocycles. The number of benzene rings is 1. The van der Waals surface area contributed by atoms with E-state index in [0.29, 0.717) is 11.4 Å². The number of hydrogen-bond donors (Lipinski definition) is 3. The Bertz CT molecular complexity index is 355. The van der Waals surface area contributed by atoms with Crippen LogP contribution in [0.2, 0.25) is 0 Å². The molecule has 5 nitrogen and oxygen atoms in total. The molecule has 1 unspecified atom stereocenters. The molecule has 0 aliphatic heterocycles. The van der Waals surface area contributed by atoms with Crippen molar-refractivity contribution in [3.8, 4) is 0 Å². The van der Waals surface area contributed by atoms with Crippen molar-refractivity contribution in [3.63, 3.8) is 0 Å². The normalized spacial score (nSPS) is 11.9. The summed E-state index contributed by atoms with van der Waals surface area (Å²) in [7, 11) is 1.30. The van der Waals surface area contributed by atoms with Gasteiger partial charge in [0.15, 0.2) is 0 Å². The largest absolute Gasteiger partial charge is 0.453 e. The quantitative estimate of drug-likeness (QED) is 0.693. The summed E-state index contributed by atoms with van der Waals surface area (Å²) in [6.45, 7) is -0.241. The number of anilines is 1. The van der Waals surface area contributed by atoms with Gasteiger partial charge in [0.25, 0.3) is 0 Å². The molecule has 0 saturated carbocycles. The topological polar surface area (TPSA) is 78.8 Å². The van der Waals surface area contributed by atoms with Crippen molar-refractivity contribution >= 4 is 23.5 Å². The fraction of sp³-hybridized carbons (Fsp3) is 0.364. The molecular formula is C11H15NO4S. The molecule has 0 fully saturated rings. The summed E-state index contributed by atoms with van der Waals surface area (Å²) in [5, 5.41) is 20.4. The average molecular weight is 257 g/mol. The highest BCUT2D eigenvalue weighted by atomic mass is 32.2. The summed E-state index contributed by atoms with van der Waals surface area (Å²) in [6, 6.07) is 7.12. The molecule has 17 heavy (non-hydrogen) atoms. The van der Waals surface area contributed by atoms with Crippen molar-refractivity contribution in [1.82, 2.24) is 0 Å². The predicted octanol–water partition coefficient (Wildman–Crippen LogP) is 1.31. The van der Waals surface area contributed by atoms with Gasteiger partial charge in [0.1, 0.15) is 0 Å². The van der Waals surface area contributed by atoms with Crippen molar-refractivity contribution in [2.45, 2.75) is 11.0 Å². The summed E-state index contributed by atoms with van der Waals surface area (Å²) in [5.41, 5.74) is 0.643. The number of nitrogens with one attached hydrogen (secondary N) is 1. The van der Waals surface area contributed by atoms with Crippen LogP contribution in [0.1, 0.15) is 0 Å². The van der Waals surface area contributed by atoms with Crippen molar-refractivity contribution in [3.05, 3.63) is 24.3 Å². The Hall–Kier alpha value is -1.24. The van der Waals surface area contributed by atoms with Gasteiger partial charge in [0, 0.05) is 16.3 Å². The summed E-state index contributed by atoms with van der Waals surface area (Å²) in [6.07, 6.45) is -1.23. The number of amides is 1. The summed E-state index contributed by atoms with van der Waals surface area (Å²) in [5.74, 6) is 0.431. The number of methoxy groups -OCH3 is 1. The molecule has 1 rings (SSSR count). The Balaban J connectivity index is 2.47. The minimum absolute atomic E-state index is 0.241. The summed E-state index contributed by atoms with van der Waals surface area (Å²) < 4.78 is 4.46. The lowest BCUT2D eigenvalue weighted by molar-refractivity contribution is 0.113. The zero-order valence-corrected chi connectivity index (χ0v) is 10.2. The second-order valence-electron chi connectivity index (χ2n) is 3.29. The highest BCUT2D eigenvalue weighted by Gasteiger charge is 2.04. The van der Waals surface area contributed by atoms with Gasteiger partial charge in [0.05, 0.1) is 19.8 Å². The molecule has 1 aromatic rings. The van der Waals surface area contributed by atoms with E-state index in [0.717, 1.165) is 4.90 Å². The third-order valence-corrected chi connectivity index (χ3v) is 3.10. The molecule has 0 aliphatic rings. The maximum Gasteiger partial charge on any atom is 0.411 e. The molecule has 0 saturated heterocycles. The zero-order chi connectivity index (χ0) is 12.7. The Kier molecular flexibility index (Phi) is 5.82. The van der Waals surface area contributed by atoms with Crippen LogP contribution in [-0.4, -0.2) is 41.9 Å². The molecule has 3 N–H and O–H groups in total. The highest BCUT2D eigenvalue weighted by Crippen LogP contribution is 2.21. The molecule has 6 heteroatoms. The minimum atomic E-state index is -0.715. The van der Waals surface area contributed by atoms with Crippen LogP contribution in [0.15, 0.2) is 29.2 Å². The average Bonchev–Trinajstić information content (AvgIpc) is 2.37. The Morgan fingerprint density at radius 1 is 1.47 bits per heavy atom. The smallest absolute Gasteiger partial charge is 0.411 e. The first-order chi connectivity index (χ1) is 8.15. The van der Waals surface area contributed by atoms with Gasteiger partial charge in [-0.2, -0.15) is 0 Å². The van der Waals surface area contributed by atoms with E-state index in [1.165, 1.54) is 18.9 Å². The molecule has 0 heterocycles. The van der Waals surface area contributed by atoms with Gasteiger partial charge in [-0.15, -0.1) is 11.8 Å². The number of hydrogen-bond acceptors (Lipinski definition) is 5. The Morgan fingerprint density at radius 3 is 2.65 bits per heavy atom. The minimum Gasteiger partial charge on any atom is -0.453 e. The Labute approximate surface area is 104 Å². The molecule has 1 atom stereocenters. The van der Waals surface area contributed by atoms with E-state index in [2.05, 4.69) is 10.1 Å². The van der Waals surface area contributed by atoms with E-state index in [9.17, 15) is 9.90 Å². The second-order valence-corrected chi connectivity index (χ2v) is 4.38. The van der Waals surface area contributed by atoms with Gasteiger partial charge in [-0.1, -0.05) is 0 Å². The third-order valence-electron chi connectivity index (χ3n) is 1.94. The maximum absolute atomic E-state index is 10.9. The SMILES string of the molecule is COC(=O)Nc1ccc(SCC(O)CO)cc1. The number of thioether (sulfide) groups is 1. The summed E-state index contributed by atoms with van der Waals surface area (Å²) >= 11 is 1.43. The number of carbonyl (C=O) groups is 1. The van der Waals surface area contributed by atoms with Crippen molar-refractivity contribution in [2.75, 3.05) is 24.8 Å². The fourth-order valence-corrected chi connectivity index (χ4v) is 1.87. The zero-order valence-electron chi connectivity index (χ0n) is 9.42. The van der Waals surface area contributed by atoms with Gasteiger partial charge in [-0.3, -0.25) is 5.32 Å². The van der Waals surface area contributed by atoms with Crippen LogP contribution < -0.4 is 5.32 Å². The van der Waals surface area contributed by atoms with E-state index in [1.54, 1.807) is 12.1 Å². The Morgan fingerprint density at radius 2 is 2.12 bits per heavy atom. The van der Waals surface area contributed by atoms with Crippen LogP contribution >= 0.6 is 11.8 Å². The fourth-order valence-electron chi connectivity index (χ4n) is 1.05. The van der Waals surface area contributed by atoms with Crippen molar-refractivity contribution < 1.29 is 19.7 Å². The highest BCUT2D eigenvalue weighted by molar-refractivity contribution is 7.99. The van der Waals surface area contributed by atoms with Crippen LogP contribution in [-0.2, 0) is 4.74 Å². The van der Waals surface area contributed by atoms with Crippen LogP contribution in [0.25, 0.3) is 0 Å². The van der Waals surface area contributed by atoms with Crippen molar-refractivity contribution in [1.29, 1.82) is 0 Å². The van der Waals surface area contributed by atoms with Crippen molar-refractivity contribution in [2.24, 2.45) is 0 Å². The molecule has 0 radical (unpaired) electrons. The number of aliphatic hydroxyl groups is 2. The number of aliphatic hydroxyl groups excluding tert-OH is 2. The van der Waals surface area contributed by atoms with Crippen LogP contribution in [0.5, 0.6) is 0 Å². The number of ether oxygens (including phenoxy) is 1. The maximum atomic E-state index is 10.9. The molecule has 0 aliphatic carbocycles. The first-order valence-electron chi connectivity index (χ1n) is 5.02. The van der Waals surface area contributed by atoms with E-state index in [-0.39, 0.29) is 6.61 Å². The summed E-state index contributed by atoms with van der Waals surface area (Å²) in [4.78, 5) is 11.9. The predicted molar refractivity (Wildman–Crippen MR) is 66.3 cm³/mol. The van der Waals surface area contributed by atoms with Gasteiger partial charge < -0.3 is 14.9 Å². The van der Waals surface area contributed by atoms with E-state index in [4.69, 9.17) is 5.11 Å². The first kappa shape index (κ1) is 13.8. The third kappa shape index (κ3) is 5.08. The monoisotopic (exact) mass is 257 g/mol. The lowest BCUT2D eigenvalue weighted by Crippen LogP contribution is -2.14.